The molecule has 0 aliphatic heterocycles. The van der Waals surface area contributed by atoms with Gasteiger partial charge >= 0.3 is 5.97 Å². The highest BCUT2D eigenvalue weighted by Gasteiger charge is 2.60. The van der Waals surface area contributed by atoms with Crippen LogP contribution in [0, 0.1) is 34.5 Å². The van der Waals surface area contributed by atoms with Gasteiger partial charge in [-0.1, -0.05) is 33.1 Å². The first-order chi connectivity index (χ1) is 10.9. The summed E-state index contributed by atoms with van der Waals surface area (Å²) in [6.07, 6.45) is 13.9. The fourth-order valence-electron chi connectivity index (χ4n) is 7.56. The number of fused-ring (bicyclic) bond motifs is 5. The van der Waals surface area contributed by atoms with Crippen molar-refractivity contribution in [2.75, 3.05) is 0 Å². The van der Waals surface area contributed by atoms with E-state index in [0.29, 0.717) is 16.7 Å². The molecule has 0 amide bonds. The zero-order chi connectivity index (χ0) is 16.2. The molecule has 0 unspecified atom stereocenters. The van der Waals surface area contributed by atoms with Gasteiger partial charge in [0.2, 0.25) is 0 Å². The zero-order valence-corrected chi connectivity index (χ0v) is 15.3. The second kappa shape index (κ2) is 5.49. The molecule has 0 aromatic heterocycles. The Morgan fingerprint density at radius 3 is 2.57 bits per heavy atom. The summed E-state index contributed by atoms with van der Waals surface area (Å²) in [5.41, 5.74) is 1.04. The molecule has 4 saturated carbocycles. The lowest BCUT2D eigenvalue weighted by Gasteiger charge is -2.61. The number of esters is 1. The molecule has 7 atom stereocenters. The third-order valence-electron chi connectivity index (χ3n) is 8.68. The molecule has 4 aliphatic carbocycles. The number of hydrogen-bond donors (Lipinski definition) is 0. The summed E-state index contributed by atoms with van der Waals surface area (Å²) >= 11 is 0. The average Bonchev–Trinajstić information content (AvgIpc) is 2.88. The van der Waals surface area contributed by atoms with Crippen molar-refractivity contribution in [2.24, 2.45) is 34.5 Å². The van der Waals surface area contributed by atoms with E-state index in [1.807, 2.05) is 0 Å². The second-order valence-electron chi connectivity index (χ2n) is 9.71. The maximum atomic E-state index is 11.8. The third-order valence-corrected chi connectivity index (χ3v) is 8.68. The Balaban J connectivity index is 1.70. The molecule has 4 rings (SSSR count). The van der Waals surface area contributed by atoms with Gasteiger partial charge in [0.25, 0.3) is 0 Å². The number of ether oxygens (including phenoxy) is 1. The number of carbonyl (C=O) groups is 1. The predicted octanol–water partition coefficient (Wildman–Crippen LogP) is 5.35. The van der Waals surface area contributed by atoms with Crippen molar-refractivity contribution in [1.29, 1.82) is 0 Å². The average molecular weight is 319 g/mol. The number of rotatable bonds is 1. The van der Waals surface area contributed by atoms with Gasteiger partial charge in [-0.05, 0) is 73.5 Å². The van der Waals surface area contributed by atoms with Crippen molar-refractivity contribution in [3.05, 3.63) is 0 Å². The van der Waals surface area contributed by atoms with Gasteiger partial charge < -0.3 is 4.74 Å². The van der Waals surface area contributed by atoms with Gasteiger partial charge in [0.15, 0.2) is 0 Å². The maximum absolute atomic E-state index is 11.8. The molecule has 0 saturated heterocycles. The lowest BCUT2D eigenvalue weighted by Crippen LogP contribution is -2.57. The van der Waals surface area contributed by atoms with Crippen LogP contribution in [0.4, 0.5) is 0 Å². The van der Waals surface area contributed by atoms with Crippen LogP contribution in [0.5, 0.6) is 0 Å². The lowest BCUT2D eigenvalue weighted by molar-refractivity contribution is -0.185. The molecule has 4 aliphatic rings. The Morgan fingerprint density at radius 1 is 0.957 bits per heavy atom. The van der Waals surface area contributed by atoms with Gasteiger partial charge in [0.1, 0.15) is 6.10 Å². The molecule has 4 fully saturated rings. The smallest absolute Gasteiger partial charge is 0.302 e. The molecule has 130 valence electrons. The Bertz CT molecular complexity index is 486. The molecule has 23 heavy (non-hydrogen) atoms. The Hall–Kier alpha value is -0.530. The van der Waals surface area contributed by atoms with Gasteiger partial charge in [-0.25, -0.2) is 0 Å². The summed E-state index contributed by atoms with van der Waals surface area (Å²) < 4.78 is 5.97. The van der Waals surface area contributed by atoms with E-state index < -0.39 is 0 Å². The first-order valence-electron chi connectivity index (χ1n) is 10.1. The maximum Gasteiger partial charge on any atom is 0.302 e. The molecular weight excluding hydrogens is 284 g/mol. The molecule has 2 heteroatoms. The summed E-state index contributed by atoms with van der Waals surface area (Å²) in [5, 5.41) is 0. The molecule has 0 aromatic carbocycles. The topological polar surface area (TPSA) is 26.3 Å². The van der Waals surface area contributed by atoms with Crippen LogP contribution in [-0.4, -0.2) is 12.1 Å². The summed E-state index contributed by atoms with van der Waals surface area (Å²) in [6, 6.07) is 0. The molecule has 0 aromatic rings. The second-order valence-corrected chi connectivity index (χ2v) is 9.71. The van der Waals surface area contributed by atoms with Crippen LogP contribution in [0.25, 0.3) is 0 Å². The molecule has 2 nitrogen and oxygen atoms in total. The van der Waals surface area contributed by atoms with E-state index in [1.54, 1.807) is 6.92 Å². The van der Waals surface area contributed by atoms with Crippen molar-refractivity contribution in [1.82, 2.24) is 0 Å². The van der Waals surface area contributed by atoms with E-state index in [9.17, 15) is 4.79 Å². The molecule has 0 radical (unpaired) electrons. The van der Waals surface area contributed by atoms with E-state index in [1.165, 1.54) is 57.8 Å². The minimum atomic E-state index is -0.0570. The summed E-state index contributed by atoms with van der Waals surface area (Å²) in [5.74, 6) is 2.96. The quantitative estimate of drug-likeness (QED) is 0.609. The SMILES string of the molecule is CC(=O)O[C@@H]1C[C@H]2CCCC[C@]2(C)[C@@H]2CC[C@]3(C)CCC[C@@H]3[C@H]21. The highest BCUT2D eigenvalue weighted by molar-refractivity contribution is 5.66. The molecule has 0 N–H and O–H groups in total. The van der Waals surface area contributed by atoms with E-state index >= 15 is 0 Å². The summed E-state index contributed by atoms with van der Waals surface area (Å²) in [6.45, 7) is 6.73. The molecular formula is C21H34O2. The normalized spacial score (nSPS) is 52.2. The van der Waals surface area contributed by atoms with Crippen LogP contribution in [0.3, 0.4) is 0 Å². The van der Waals surface area contributed by atoms with Crippen LogP contribution < -0.4 is 0 Å². The monoisotopic (exact) mass is 318 g/mol. The Kier molecular flexibility index (Phi) is 3.81. The van der Waals surface area contributed by atoms with Crippen molar-refractivity contribution in [3.8, 4) is 0 Å². The van der Waals surface area contributed by atoms with Crippen molar-refractivity contribution in [2.45, 2.75) is 91.1 Å². The fourth-order valence-corrected chi connectivity index (χ4v) is 7.56. The zero-order valence-electron chi connectivity index (χ0n) is 15.3. The Morgan fingerprint density at radius 2 is 1.78 bits per heavy atom. The van der Waals surface area contributed by atoms with Gasteiger partial charge in [-0.15, -0.1) is 0 Å². The summed E-state index contributed by atoms with van der Waals surface area (Å²) in [7, 11) is 0. The van der Waals surface area contributed by atoms with E-state index in [0.717, 1.165) is 24.2 Å². The van der Waals surface area contributed by atoms with E-state index in [4.69, 9.17) is 4.74 Å². The lowest BCUT2D eigenvalue weighted by atomic mass is 9.44. The summed E-state index contributed by atoms with van der Waals surface area (Å²) in [4.78, 5) is 11.8. The van der Waals surface area contributed by atoms with Gasteiger partial charge in [-0.3, -0.25) is 4.79 Å². The minimum absolute atomic E-state index is 0.0570. The van der Waals surface area contributed by atoms with Gasteiger partial charge in [0.05, 0.1) is 0 Å². The molecule has 0 spiro atoms. The highest BCUT2D eigenvalue weighted by Crippen LogP contribution is 2.66. The standard InChI is InChI=1S/C21H34O2/c1-14(22)23-18-13-15-7-4-5-11-21(15,3)17-9-12-20(2)10-6-8-16(20)19(17)18/h15-19H,4-13H2,1-3H3/t15-,16-,17-,18-,19-,20+,21+/m1/s1. The number of hydrogen-bond acceptors (Lipinski definition) is 2. The van der Waals surface area contributed by atoms with Crippen LogP contribution >= 0.6 is 0 Å². The van der Waals surface area contributed by atoms with E-state index in [2.05, 4.69) is 13.8 Å². The van der Waals surface area contributed by atoms with Crippen LogP contribution in [0.15, 0.2) is 0 Å². The first-order valence-corrected chi connectivity index (χ1v) is 10.1. The largest absolute Gasteiger partial charge is 0.462 e. The van der Waals surface area contributed by atoms with Crippen molar-refractivity contribution in [3.63, 3.8) is 0 Å². The van der Waals surface area contributed by atoms with E-state index in [-0.39, 0.29) is 12.1 Å². The van der Waals surface area contributed by atoms with Crippen molar-refractivity contribution >= 4 is 5.97 Å². The van der Waals surface area contributed by atoms with Gasteiger partial charge in [-0.2, -0.15) is 0 Å². The van der Waals surface area contributed by atoms with Crippen LogP contribution in [0.1, 0.15) is 85.0 Å². The van der Waals surface area contributed by atoms with Crippen LogP contribution in [-0.2, 0) is 9.53 Å². The first kappa shape index (κ1) is 16.0. The van der Waals surface area contributed by atoms with Crippen molar-refractivity contribution < 1.29 is 9.53 Å². The number of carbonyl (C=O) groups excluding carboxylic acids is 1. The van der Waals surface area contributed by atoms with Gasteiger partial charge in [0, 0.05) is 12.8 Å². The third kappa shape index (κ3) is 2.38. The Labute approximate surface area is 141 Å². The highest BCUT2D eigenvalue weighted by atomic mass is 16.5. The minimum Gasteiger partial charge on any atom is -0.462 e. The van der Waals surface area contributed by atoms with Crippen LogP contribution in [0.2, 0.25) is 0 Å². The fraction of sp³-hybridized carbons (Fsp3) is 0.952. The molecule has 0 heterocycles. The molecule has 0 bridgehead atoms. The predicted molar refractivity (Wildman–Crippen MR) is 91.9 cm³/mol.